The monoisotopic (exact) mass is 150 g/mol. The first-order valence-electron chi connectivity index (χ1n) is 2.99. The first kappa shape index (κ1) is 9.80. The third kappa shape index (κ3) is 2.59. The second-order valence-corrected chi connectivity index (χ2v) is 1.99. The first-order chi connectivity index (χ1) is 4.77. The average molecular weight is 150 g/mol. The molecule has 0 spiro atoms. The predicted octanol–water partition coefficient (Wildman–Crippen LogP) is -1.44. The number of aliphatic hydroxyl groups is 1. The fourth-order valence-electron chi connectivity index (χ4n) is 0.648. The van der Waals surface area contributed by atoms with Gasteiger partial charge >= 0.3 is 0 Å². The van der Waals surface area contributed by atoms with Crippen LogP contribution in [0, 0.1) is 0 Å². The van der Waals surface area contributed by atoms with E-state index >= 15 is 0 Å². The third-order valence-electron chi connectivity index (χ3n) is 1.19. The molecule has 0 saturated carbocycles. The summed E-state index contributed by atoms with van der Waals surface area (Å²) in [4.78, 5) is 0. The largest absolute Gasteiger partial charge is 0.391 e. The van der Waals surface area contributed by atoms with E-state index in [0.29, 0.717) is 13.2 Å². The Kier molecular flexibility index (Phi) is 4.50. The molecule has 0 aromatic carbocycles. The minimum atomic E-state index is -0.708. The van der Waals surface area contributed by atoms with Gasteiger partial charge in [-0.3, -0.25) is 11.7 Å². The van der Waals surface area contributed by atoms with E-state index in [1.807, 2.05) is 0 Å². The van der Waals surface area contributed by atoms with Crippen LogP contribution in [0.2, 0.25) is 0 Å². The summed E-state index contributed by atoms with van der Waals surface area (Å²) in [6.07, 6.45) is 0. The highest BCUT2D eigenvalue weighted by atomic mass is 16.7. The van der Waals surface area contributed by atoms with Crippen molar-refractivity contribution in [3.8, 4) is 0 Å². The first-order valence-corrected chi connectivity index (χ1v) is 2.99. The molecule has 5 nitrogen and oxygen atoms in total. The molecule has 5 N–H and O–H groups in total. The summed E-state index contributed by atoms with van der Waals surface area (Å²) in [6, 6.07) is 0. The molecule has 1 aliphatic heterocycles. The third-order valence-corrected chi connectivity index (χ3v) is 1.19. The summed E-state index contributed by atoms with van der Waals surface area (Å²) in [5.74, 6) is 7.29. The van der Waals surface area contributed by atoms with Crippen molar-refractivity contribution in [2.45, 2.75) is 12.7 Å². The van der Waals surface area contributed by atoms with Gasteiger partial charge in [0.05, 0.1) is 19.8 Å². The SMILES string of the molecule is CC1(CO)OCCO1.NN. The topological polar surface area (TPSA) is 90.7 Å². The Labute approximate surface area is 59.9 Å². The Hall–Kier alpha value is -0.200. The van der Waals surface area contributed by atoms with Crippen LogP contribution in [0.15, 0.2) is 0 Å². The predicted molar refractivity (Wildman–Crippen MR) is 35.8 cm³/mol. The quantitative estimate of drug-likeness (QED) is 0.314. The molecular weight excluding hydrogens is 136 g/mol. The molecule has 0 aliphatic carbocycles. The molecule has 1 saturated heterocycles. The van der Waals surface area contributed by atoms with E-state index in [1.54, 1.807) is 6.92 Å². The lowest BCUT2D eigenvalue weighted by molar-refractivity contribution is -0.168. The normalized spacial score (nSPS) is 21.6. The van der Waals surface area contributed by atoms with Gasteiger partial charge in [0.25, 0.3) is 0 Å². The molecule has 10 heavy (non-hydrogen) atoms. The van der Waals surface area contributed by atoms with Gasteiger partial charge in [0.15, 0.2) is 5.79 Å². The van der Waals surface area contributed by atoms with Crippen molar-refractivity contribution in [1.29, 1.82) is 0 Å². The van der Waals surface area contributed by atoms with Gasteiger partial charge in [-0.1, -0.05) is 0 Å². The average Bonchev–Trinajstić information content (AvgIpc) is 2.42. The molecule has 62 valence electrons. The zero-order valence-electron chi connectivity index (χ0n) is 6.04. The standard InChI is InChI=1S/C5H10O3.H4N2/c1-5(4-6)7-2-3-8-5;1-2/h6H,2-4H2,1H3;1-2H2. The molecule has 0 aromatic rings. The van der Waals surface area contributed by atoms with Crippen molar-refractivity contribution in [1.82, 2.24) is 0 Å². The van der Waals surface area contributed by atoms with Crippen LogP contribution in [-0.4, -0.2) is 30.7 Å². The summed E-state index contributed by atoms with van der Waals surface area (Å²) >= 11 is 0. The number of hydrogen-bond acceptors (Lipinski definition) is 5. The highest BCUT2D eigenvalue weighted by molar-refractivity contribution is 4.64. The van der Waals surface area contributed by atoms with Crippen molar-refractivity contribution in [3.63, 3.8) is 0 Å². The summed E-state index contributed by atoms with van der Waals surface area (Å²) < 4.78 is 10.0. The van der Waals surface area contributed by atoms with E-state index in [2.05, 4.69) is 11.7 Å². The Morgan fingerprint density at radius 2 is 1.80 bits per heavy atom. The Morgan fingerprint density at radius 3 is 2.00 bits per heavy atom. The van der Waals surface area contributed by atoms with E-state index in [4.69, 9.17) is 14.6 Å². The van der Waals surface area contributed by atoms with Gasteiger partial charge in [0.1, 0.15) is 0 Å². The summed E-state index contributed by atoms with van der Waals surface area (Å²) in [7, 11) is 0. The summed E-state index contributed by atoms with van der Waals surface area (Å²) in [6.45, 7) is 2.85. The van der Waals surface area contributed by atoms with Crippen LogP contribution in [-0.2, 0) is 9.47 Å². The molecule has 1 fully saturated rings. The minimum absolute atomic E-state index is 0.0625. The van der Waals surface area contributed by atoms with Crippen LogP contribution in [0.1, 0.15) is 6.92 Å². The van der Waals surface area contributed by atoms with Crippen LogP contribution < -0.4 is 11.7 Å². The maximum absolute atomic E-state index is 8.58. The highest BCUT2D eigenvalue weighted by Crippen LogP contribution is 2.16. The number of hydrogen-bond donors (Lipinski definition) is 3. The van der Waals surface area contributed by atoms with Gasteiger partial charge in [-0.15, -0.1) is 0 Å². The lowest BCUT2D eigenvalue weighted by Crippen LogP contribution is -2.29. The number of hydrazine groups is 1. The van der Waals surface area contributed by atoms with Gasteiger partial charge in [0.2, 0.25) is 0 Å². The van der Waals surface area contributed by atoms with Crippen LogP contribution in [0.5, 0.6) is 0 Å². The number of ether oxygens (including phenoxy) is 2. The molecule has 1 heterocycles. The van der Waals surface area contributed by atoms with Gasteiger partial charge in [-0.25, -0.2) is 0 Å². The number of aliphatic hydroxyl groups excluding tert-OH is 1. The number of rotatable bonds is 1. The molecule has 0 radical (unpaired) electrons. The molecule has 5 heteroatoms. The van der Waals surface area contributed by atoms with Gasteiger partial charge in [-0.2, -0.15) is 0 Å². The van der Waals surface area contributed by atoms with E-state index < -0.39 is 5.79 Å². The van der Waals surface area contributed by atoms with Crippen LogP contribution in [0.3, 0.4) is 0 Å². The van der Waals surface area contributed by atoms with Crippen molar-refractivity contribution in [3.05, 3.63) is 0 Å². The lowest BCUT2D eigenvalue weighted by Gasteiger charge is -2.17. The maximum atomic E-state index is 8.58. The van der Waals surface area contributed by atoms with Crippen molar-refractivity contribution in [2.24, 2.45) is 11.7 Å². The maximum Gasteiger partial charge on any atom is 0.188 e. The molecule has 0 aromatic heterocycles. The molecule has 0 atom stereocenters. The Morgan fingerprint density at radius 1 is 1.40 bits per heavy atom. The van der Waals surface area contributed by atoms with E-state index in [1.165, 1.54) is 0 Å². The summed E-state index contributed by atoms with van der Waals surface area (Å²) in [5, 5.41) is 8.58. The Bertz CT molecular complexity index is 83.0. The smallest absolute Gasteiger partial charge is 0.188 e. The zero-order chi connectivity index (χ0) is 8.04. The molecular formula is C5H14N2O3. The summed E-state index contributed by atoms with van der Waals surface area (Å²) in [5.41, 5.74) is 0. The van der Waals surface area contributed by atoms with Gasteiger partial charge in [-0.05, 0) is 6.92 Å². The van der Waals surface area contributed by atoms with Gasteiger partial charge < -0.3 is 14.6 Å². The number of nitrogens with two attached hydrogens (primary N) is 2. The van der Waals surface area contributed by atoms with E-state index in [0.717, 1.165) is 0 Å². The fraction of sp³-hybridized carbons (Fsp3) is 1.00. The lowest BCUT2D eigenvalue weighted by atomic mass is 10.4. The second-order valence-electron chi connectivity index (χ2n) is 1.99. The van der Waals surface area contributed by atoms with E-state index in [9.17, 15) is 0 Å². The molecule has 1 rings (SSSR count). The molecule has 0 unspecified atom stereocenters. The van der Waals surface area contributed by atoms with Crippen molar-refractivity contribution in [2.75, 3.05) is 19.8 Å². The molecule has 0 amide bonds. The Balaban J connectivity index is 0.000000371. The molecule has 0 bridgehead atoms. The minimum Gasteiger partial charge on any atom is -0.391 e. The van der Waals surface area contributed by atoms with Crippen LogP contribution in [0.25, 0.3) is 0 Å². The van der Waals surface area contributed by atoms with Crippen LogP contribution >= 0.6 is 0 Å². The molecule has 1 aliphatic rings. The van der Waals surface area contributed by atoms with Crippen LogP contribution in [0.4, 0.5) is 0 Å². The fourth-order valence-corrected chi connectivity index (χ4v) is 0.648. The highest BCUT2D eigenvalue weighted by Gasteiger charge is 2.29. The van der Waals surface area contributed by atoms with Crippen molar-refractivity contribution < 1.29 is 14.6 Å². The van der Waals surface area contributed by atoms with Crippen molar-refractivity contribution >= 4 is 0 Å². The van der Waals surface area contributed by atoms with E-state index in [-0.39, 0.29) is 6.61 Å². The van der Waals surface area contributed by atoms with Gasteiger partial charge in [0, 0.05) is 0 Å². The zero-order valence-corrected chi connectivity index (χ0v) is 6.04. The second kappa shape index (κ2) is 4.59.